The molecule has 0 saturated heterocycles. The van der Waals surface area contributed by atoms with Crippen molar-refractivity contribution in [3.8, 4) is 0 Å². The molecular formula is C14H20ClNO. The maximum atomic E-state index is 11.2. The number of Topliss-reactive ketones (excluding diaryl/α,β-unsaturated/α-hetero) is 1. The largest absolute Gasteiger partial charge is 0.382 e. The van der Waals surface area contributed by atoms with E-state index in [2.05, 4.69) is 19.2 Å². The number of ketones is 1. The highest BCUT2D eigenvalue weighted by Crippen LogP contribution is 2.19. The minimum Gasteiger partial charge on any atom is -0.382 e. The van der Waals surface area contributed by atoms with Gasteiger partial charge in [0.1, 0.15) is 5.78 Å². The van der Waals surface area contributed by atoms with Crippen LogP contribution in [0.5, 0.6) is 0 Å². The van der Waals surface area contributed by atoms with Crippen LogP contribution in [0.2, 0.25) is 5.02 Å². The number of rotatable bonds is 6. The third-order valence-electron chi connectivity index (χ3n) is 2.49. The Morgan fingerprint density at radius 2 is 2.12 bits per heavy atom. The Hall–Kier alpha value is -1.02. The molecule has 0 radical (unpaired) electrons. The summed E-state index contributed by atoms with van der Waals surface area (Å²) in [6, 6.07) is 7.79. The summed E-state index contributed by atoms with van der Waals surface area (Å²) in [6.07, 6.45) is 1.54. The zero-order valence-electron chi connectivity index (χ0n) is 10.7. The zero-order valence-corrected chi connectivity index (χ0v) is 11.4. The summed E-state index contributed by atoms with van der Waals surface area (Å²) in [6.45, 7) is 5.95. The molecule has 0 aliphatic rings. The topological polar surface area (TPSA) is 29.1 Å². The lowest BCUT2D eigenvalue weighted by Crippen LogP contribution is -2.24. The van der Waals surface area contributed by atoms with Gasteiger partial charge in [-0.05, 0) is 37.5 Å². The number of nitrogens with one attached hydrogen (secondary N) is 1. The molecule has 0 heterocycles. The number of hydrogen-bond acceptors (Lipinski definition) is 2. The molecule has 0 aliphatic heterocycles. The van der Waals surface area contributed by atoms with Crippen LogP contribution in [0.1, 0.15) is 33.6 Å². The van der Waals surface area contributed by atoms with Gasteiger partial charge in [0.2, 0.25) is 0 Å². The maximum Gasteiger partial charge on any atom is 0.131 e. The summed E-state index contributed by atoms with van der Waals surface area (Å²) in [5.74, 6) is 0.774. The zero-order chi connectivity index (χ0) is 12.8. The van der Waals surface area contributed by atoms with Crippen molar-refractivity contribution in [2.24, 2.45) is 5.92 Å². The molecule has 1 aromatic rings. The summed E-state index contributed by atoms with van der Waals surface area (Å²) in [5.41, 5.74) is 0.976. The van der Waals surface area contributed by atoms with Gasteiger partial charge < -0.3 is 5.32 Å². The molecular weight excluding hydrogens is 234 g/mol. The van der Waals surface area contributed by atoms with Crippen LogP contribution in [0.15, 0.2) is 24.3 Å². The first kappa shape index (κ1) is 14.0. The highest BCUT2D eigenvalue weighted by atomic mass is 35.5. The number of carbonyl (C=O) groups is 1. The van der Waals surface area contributed by atoms with E-state index in [-0.39, 0.29) is 11.8 Å². The van der Waals surface area contributed by atoms with Gasteiger partial charge in [-0.25, -0.2) is 0 Å². The molecule has 17 heavy (non-hydrogen) atoms. The molecule has 3 heteroatoms. The van der Waals surface area contributed by atoms with Crippen molar-refractivity contribution in [1.82, 2.24) is 0 Å². The highest BCUT2D eigenvalue weighted by molar-refractivity contribution is 6.30. The Morgan fingerprint density at radius 3 is 2.65 bits per heavy atom. The monoisotopic (exact) mass is 253 g/mol. The molecule has 0 saturated carbocycles. The molecule has 0 fully saturated rings. The van der Waals surface area contributed by atoms with Crippen LogP contribution in [0, 0.1) is 5.92 Å². The lowest BCUT2D eigenvalue weighted by molar-refractivity contribution is -0.117. The van der Waals surface area contributed by atoms with Crippen molar-refractivity contribution in [3.63, 3.8) is 0 Å². The lowest BCUT2D eigenvalue weighted by atomic mass is 9.99. The van der Waals surface area contributed by atoms with Crippen LogP contribution >= 0.6 is 11.6 Å². The second-order valence-electron chi connectivity index (χ2n) is 4.89. The summed E-state index contributed by atoms with van der Waals surface area (Å²) in [4.78, 5) is 11.2. The first-order valence-electron chi connectivity index (χ1n) is 5.99. The van der Waals surface area contributed by atoms with Crippen LogP contribution in [0.4, 0.5) is 5.69 Å². The standard InChI is InChI=1S/C14H20ClNO/c1-10(2)7-14(8-11(3)17)16-13-6-4-5-12(15)9-13/h4-6,9-10,14,16H,7-8H2,1-3H3. The molecule has 0 aromatic heterocycles. The lowest BCUT2D eigenvalue weighted by Gasteiger charge is -2.20. The van der Waals surface area contributed by atoms with Gasteiger partial charge in [0.05, 0.1) is 0 Å². The molecule has 0 aliphatic carbocycles. The van der Waals surface area contributed by atoms with E-state index >= 15 is 0 Å². The molecule has 94 valence electrons. The van der Waals surface area contributed by atoms with Gasteiger partial charge >= 0.3 is 0 Å². The minimum atomic E-state index is 0.186. The number of anilines is 1. The normalized spacial score (nSPS) is 12.5. The van der Waals surface area contributed by atoms with E-state index in [0.717, 1.165) is 12.1 Å². The summed E-state index contributed by atoms with van der Waals surface area (Å²) < 4.78 is 0. The predicted octanol–water partition coefficient (Wildman–Crippen LogP) is 4.15. The van der Waals surface area contributed by atoms with Gasteiger partial charge in [-0.2, -0.15) is 0 Å². The van der Waals surface area contributed by atoms with Gasteiger partial charge in [-0.1, -0.05) is 31.5 Å². The van der Waals surface area contributed by atoms with Crippen LogP contribution in [0.3, 0.4) is 0 Å². The van der Waals surface area contributed by atoms with Gasteiger partial charge in [-0.3, -0.25) is 4.79 Å². The second-order valence-corrected chi connectivity index (χ2v) is 5.32. The quantitative estimate of drug-likeness (QED) is 0.825. The van der Waals surface area contributed by atoms with Crippen molar-refractivity contribution in [2.75, 3.05) is 5.32 Å². The Labute approximate surface area is 108 Å². The van der Waals surface area contributed by atoms with E-state index in [0.29, 0.717) is 17.4 Å². The average Bonchev–Trinajstić information content (AvgIpc) is 2.14. The smallest absolute Gasteiger partial charge is 0.131 e. The van der Waals surface area contributed by atoms with Crippen LogP contribution in [-0.4, -0.2) is 11.8 Å². The molecule has 0 bridgehead atoms. The Kier molecular flexibility index (Phi) is 5.49. The van der Waals surface area contributed by atoms with E-state index in [1.54, 1.807) is 6.92 Å². The number of halogens is 1. The molecule has 0 amide bonds. The maximum absolute atomic E-state index is 11.2. The first-order valence-corrected chi connectivity index (χ1v) is 6.36. The molecule has 1 rings (SSSR count). The fraction of sp³-hybridized carbons (Fsp3) is 0.500. The Bertz CT molecular complexity index is 376. The van der Waals surface area contributed by atoms with Crippen molar-refractivity contribution in [1.29, 1.82) is 0 Å². The van der Waals surface area contributed by atoms with Gasteiger partial charge in [-0.15, -0.1) is 0 Å². The molecule has 2 nitrogen and oxygen atoms in total. The Morgan fingerprint density at radius 1 is 1.41 bits per heavy atom. The first-order chi connectivity index (χ1) is 7.97. The average molecular weight is 254 g/mol. The number of hydrogen-bond donors (Lipinski definition) is 1. The van der Waals surface area contributed by atoms with Gasteiger partial charge in [0.25, 0.3) is 0 Å². The molecule has 0 spiro atoms. The molecule has 1 atom stereocenters. The SMILES string of the molecule is CC(=O)CC(CC(C)C)Nc1cccc(Cl)c1. The second kappa shape index (κ2) is 6.65. The third kappa shape index (κ3) is 5.73. The predicted molar refractivity (Wildman–Crippen MR) is 73.6 cm³/mol. The van der Waals surface area contributed by atoms with Crippen LogP contribution in [-0.2, 0) is 4.79 Å². The number of carbonyl (C=O) groups excluding carboxylic acids is 1. The summed E-state index contributed by atoms with van der Waals surface area (Å²) in [5, 5.41) is 4.09. The van der Waals surface area contributed by atoms with Crippen molar-refractivity contribution >= 4 is 23.1 Å². The molecule has 1 aromatic carbocycles. The third-order valence-corrected chi connectivity index (χ3v) is 2.72. The number of benzene rings is 1. The van der Waals surface area contributed by atoms with Crippen molar-refractivity contribution < 1.29 is 4.79 Å². The summed E-state index contributed by atoms with van der Waals surface area (Å²) in [7, 11) is 0. The minimum absolute atomic E-state index is 0.186. The van der Waals surface area contributed by atoms with E-state index in [1.807, 2.05) is 24.3 Å². The molecule has 1 N–H and O–H groups in total. The Balaban J connectivity index is 2.67. The fourth-order valence-corrected chi connectivity index (χ4v) is 2.11. The highest BCUT2D eigenvalue weighted by Gasteiger charge is 2.13. The van der Waals surface area contributed by atoms with Crippen molar-refractivity contribution in [2.45, 2.75) is 39.7 Å². The van der Waals surface area contributed by atoms with E-state index in [9.17, 15) is 4.79 Å². The van der Waals surface area contributed by atoms with Crippen molar-refractivity contribution in [3.05, 3.63) is 29.3 Å². The van der Waals surface area contributed by atoms with E-state index < -0.39 is 0 Å². The van der Waals surface area contributed by atoms with Crippen LogP contribution in [0.25, 0.3) is 0 Å². The molecule has 1 unspecified atom stereocenters. The van der Waals surface area contributed by atoms with E-state index in [1.165, 1.54) is 0 Å². The fourth-order valence-electron chi connectivity index (χ4n) is 1.92. The van der Waals surface area contributed by atoms with E-state index in [4.69, 9.17) is 11.6 Å². The van der Waals surface area contributed by atoms with Crippen LogP contribution < -0.4 is 5.32 Å². The van der Waals surface area contributed by atoms with Gasteiger partial charge in [0, 0.05) is 23.2 Å². The summed E-state index contributed by atoms with van der Waals surface area (Å²) >= 11 is 5.93. The van der Waals surface area contributed by atoms with Gasteiger partial charge in [0.15, 0.2) is 0 Å².